The lowest BCUT2D eigenvalue weighted by atomic mass is 10.3. The van der Waals surface area contributed by atoms with Crippen LogP contribution in [0.5, 0.6) is 5.75 Å². The molecule has 1 aromatic carbocycles. The largest absolute Gasteiger partial charge is 0.484 e. The second-order valence-electron chi connectivity index (χ2n) is 3.81. The van der Waals surface area contributed by atoms with Gasteiger partial charge in [-0.2, -0.15) is 0 Å². The van der Waals surface area contributed by atoms with Gasteiger partial charge in [0.15, 0.2) is 11.7 Å². The first-order valence-corrected chi connectivity index (χ1v) is 6.46. The van der Waals surface area contributed by atoms with E-state index in [4.69, 9.17) is 16.2 Å². The molecule has 0 spiro atoms. The number of nitrogens with one attached hydrogen (secondary N) is 1. The fraction of sp³-hybridized carbons (Fsp3) is 0.0833. The number of carbonyl (C=O) groups is 2. The van der Waals surface area contributed by atoms with Gasteiger partial charge in [0.05, 0.1) is 0 Å². The third-order valence-corrected chi connectivity index (χ3v) is 2.90. The lowest BCUT2D eigenvalue weighted by Gasteiger charge is -2.07. The number of anilines is 2. The molecule has 2 rings (SSSR count). The summed E-state index contributed by atoms with van der Waals surface area (Å²) in [5.41, 5.74) is 11.2. The van der Waals surface area contributed by atoms with Gasteiger partial charge in [0.2, 0.25) is 0 Å². The molecule has 2 aromatic rings. The van der Waals surface area contributed by atoms with Gasteiger partial charge in [-0.05, 0) is 12.1 Å². The van der Waals surface area contributed by atoms with Crippen molar-refractivity contribution in [3.05, 3.63) is 35.3 Å². The van der Waals surface area contributed by atoms with Crippen molar-refractivity contribution >= 4 is 34.0 Å². The molecule has 104 valence electrons. The van der Waals surface area contributed by atoms with Crippen LogP contribution in [0.25, 0.3) is 0 Å². The van der Waals surface area contributed by atoms with Gasteiger partial charge in [-0.1, -0.05) is 6.07 Å². The molecule has 0 radical (unpaired) electrons. The van der Waals surface area contributed by atoms with Gasteiger partial charge >= 0.3 is 0 Å². The van der Waals surface area contributed by atoms with E-state index in [-0.39, 0.29) is 18.2 Å². The zero-order valence-electron chi connectivity index (χ0n) is 10.3. The summed E-state index contributed by atoms with van der Waals surface area (Å²) in [5, 5.41) is 4.55. The van der Waals surface area contributed by atoms with Crippen molar-refractivity contribution in [2.45, 2.75) is 0 Å². The lowest BCUT2D eigenvalue weighted by Crippen LogP contribution is -2.20. The average Bonchev–Trinajstić information content (AvgIpc) is 2.84. The Morgan fingerprint density at radius 1 is 1.40 bits per heavy atom. The van der Waals surface area contributed by atoms with E-state index in [1.54, 1.807) is 29.6 Å². The first-order valence-electron chi connectivity index (χ1n) is 5.58. The molecule has 7 nitrogen and oxygen atoms in total. The monoisotopic (exact) mass is 292 g/mol. The maximum absolute atomic E-state index is 11.9. The highest BCUT2D eigenvalue weighted by Crippen LogP contribution is 2.19. The third kappa shape index (κ3) is 3.69. The van der Waals surface area contributed by atoms with Crippen molar-refractivity contribution in [1.29, 1.82) is 0 Å². The summed E-state index contributed by atoms with van der Waals surface area (Å²) < 4.78 is 5.14. The second-order valence-corrected chi connectivity index (χ2v) is 4.70. The molecule has 0 aliphatic heterocycles. The van der Waals surface area contributed by atoms with Crippen LogP contribution in [0.1, 0.15) is 10.5 Å². The molecule has 20 heavy (non-hydrogen) atoms. The average molecular weight is 292 g/mol. The number of nitrogen functional groups attached to an aromatic ring is 1. The molecule has 5 N–H and O–H groups in total. The Kier molecular flexibility index (Phi) is 4.16. The Morgan fingerprint density at radius 3 is 2.85 bits per heavy atom. The third-order valence-electron chi connectivity index (χ3n) is 2.23. The van der Waals surface area contributed by atoms with E-state index in [9.17, 15) is 9.59 Å². The first kappa shape index (κ1) is 13.8. The van der Waals surface area contributed by atoms with Gasteiger partial charge in [-0.15, -0.1) is 11.3 Å². The lowest BCUT2D eigenvalue weighted by molar-refractivity contribution is -0.119. The van der Waals surface area contributed by atoms with E-state index in [1.807, 2.05) is 0 Å². The Balaban J connectivity index is 2.04. The summed E-state index contributed by atoms with van der Waals surface area (Å²) in [6, 6.07) is 6.60. The van der Waals surface area contributed by atoms with Crippen molar-refractivity contribution in [2.75, 3.05) is 17.7 Å². The molecule has 0 atom stereocenters. The Bertz CT molecular complexity index is 641. The van der Waals surface area contributed by atoms with Gasteiger partial charge in [0.25, 0.3) is 11.8 Å². The van der Waals surface area contributed by atoms with E-state index in [2.05, 4.69) is 10.3 Å². The number of benzene rings is 1. The number of ether oxygens (including phenoxy) is 1. The fourth-order valence-electron chi connectivity index (χ4n) is 1.41. The number of hydrogen-bond acceptors (Lipinski definition) is 6. The molecule has 0 saturated heterocycles. The van der Waals surface area contributed by atoms with E-state index in [0.29, 0.717) is 16.6 Å². The molecule has 0 aliphatic rings. The minimum absolute atomic E-state index is 0.222. The van der Waals surface area contributed by atoms with E-state index in [0.717, 1.165) is 0 Å². The minimum Gasteiger partial charge on any atom is -0.484 e. The summed E-state index contributed by atoms with van der Waals surface area (Å²) in [5.74, 6) is -0.512. The van der Waals surface area contributed by atoms with Crippen LogP contribution in [-0.4, -0.2) is 23.4 Å². The number of nitrogens with zero attached hydrogens (tertiary/aromatic N) is 1. The first-order chi connectivity index (χ1) is 9.54. The summed E-state index contributed by atoms with van der Waals surface area (Å²) in [6.45, 7) is -0.222. The SMILES string of the molecule is NC(=O)COc1cccc(NC(=O)c2csc(N)n2)c1. The fourth-order valence-corrected chi connectivity index (χ4v) is 1.95. The highest BCUT2D eigenvalue weighted by Gasteiger charge is 2.10. The van der Waals surface area contributed by atoms with Crippen LogP contribution in [0, 0.1) is 0 Å². The van der Waals surface area contributed by atoms with Crippen molar-refractivity contribution in [3.63, 3.8) is 0 Å². The van der Waals surface area contributed by atoms with Crippen LogP contribution in [0.3, 0.4) is 0 Å². The van der Waals surface area contributed by atoms with Gasteiger partial charge in [0.1, 0.15) is 11.4 Å². The van der Waals surface area contributed by atoms with Crippen molar-refractivity contribution < 1.29 is 14.3 Å². The van der Waals surface area contributed by atoms with Crippen molar-refractivity contribution in [3.8, 4) is 5.75 Å². The molecule has 0 fully saturated rings. The maximum atomic E-state index is 11.9. The maximum Gasteiger partial charge on any atom is 0.275 e. The van der Waals surface area contributed by atoms with Crippen LogP contribution < -0.4 is 21.5 Å². The standard InChI is InChI=1S/C12H12N4O3S/c13-10(17)5-19-8-3-1-2-7(4-8)15-11(18)9-6-20-12(14)16-9/h1-4,6H,5H2,(H2,13,17)(H2,14,16)(H,15,18). The zero-order chi connectivity index (χ0) is 14.5. The highest BCUT2D eigenvalue weighted by molar-refractivity contribution is 7.13. The van der Waals surface area contributed by atoms with Gasteiger partial charge in [0, 0.05) is 17.1 Å². The molecule has 8 heteroatoms. The van der Waals surface area contributed by atoms with E-state index >= 15 is 0 Å². The van der Waals surface area contributed by atoms with Gasteiger partial charge in [-0.25, -0.2) is 4.98 Å². The zero-order valence-corrected chi connectivity index (χ0v) is 11.1. The molecule has 1 heterocycles. The summed E-state index contributed by atoms with van der Waals surface area (Å²) >= 11 is 1.19. The number of primary amides is 1. The van der Waals surface area contributed by atoms with Crippen LogP contribution in [-0.2, 0) is 4.79 Å². The van der Waals surface area contributed by atoms with Crippen molar-refractivity contribution in [2.24, 2.45) is 5.73 Å². The number of rotatable bonds is 5. The molecule has 0 saturated carbocycles. The van der Waals surface area contributed by atoms with Gasteiger partial charge < -0.3 is 21.5 Å². The molecule has 0 aliphatic carbocycles. The predicted molar refractivity (Wildman–Crippen MR) is 75.6 cm³/mol. The number of amides is 2. The quantitative estimate of drug-likeness (QED) is 0.754. The molecule has 0 unspecified atom stereocenters. The summed E-state index contributed by atoms with van der Waals surface area (Å²) in [6.07, 6.45) is 0. The van der Waals surface area contributed by atoms with E-state index < -0.39 is 5.91 Å². The topological polar surface area (TPSA) is 120 Å². The Morgan fingerprint density at radius 2 is 2.20 bits per heavy atom. The highest BCUT2D eigenvalue weighted by atomic mass is 32.1. The second kappa shape index (κ2) is 6.02. The Labute approximate surface area is 118 Å². The van der Waals surface area contributed by atoms with Crippen molar-refractivity contribution in [1.82, 2.24) is 4.98 Å². The van der Waals surface area contributed by atoms with Crippen LogP contribution in [0.4, 0.5) is 10.8 Å². The van der Waals surface area contributed by atoms with Crippen LogP contribution >= 0.6 is 11.3 Å². The summed E-state index contributed by atoms with van der Waals surface area (Å²) in [4.78, 5) is 26.4. The minimum atomic E-state index is -0.572. The molecular formula is C12H12N4O3S. The normalized spacial score (nSPS) is 10.0. The number of carbonyl (C=O) groups excluding carboxylic acids is 2. The summed E-state index contributed by atoms with van der Waals surface area (Å²) in [7, 11) is 0. The number of hydrogen-bond donors (Lipinski definition) is 3. The van der Waals surface area contributed by atoms with Crippen LogP contribution in [0.15, 0.2) is 29.6 Å². The van der Waals surface area contributed by atoms with Gasteiger partial charge in [-0.3, -0.25) is 9.59 Å². The molecule has 1 aromatic heterocycles. The predicted octanol–water partition coefficient (Wildman–Crippen LogP) is 0.842. The molecule has 0 bridgehead atoms. The van der Waals surface area contributed by atoms with E-state index in [1.165, 1.54) is 11.3 Å². The number of nitrogens with two attached hydrogens (primary N) is 2. The molecule has 2 amide bonds. The smallest absolute Gasteiger partial charge is 0.275 e. The van der Waals surface area contributed by atoms with Crippen LogP contribution in [0.2, 0.25) is 0 Å². The number of thiazole rings is 1. The number of aromatic nitrogens is 1. The molecular weight excluding hydrogens is 280 g/mol. The Hall–Kier alpha value is -2.61.